The number of ether oxygens (including phenoxy) is 2. The van der Waals surface area contributed by atoms with Crippen LogP contribution < -0.4 is 10.1 Å². The highest BCUT2D eigenvalue weighted by atomic mass is 35.5. The van der Waals surface area contributed by atoms with E-state index in [1.165, 1.54) is 36.8 Å². The zero-order chi connectivity index (χ0) is 24.7. The number of rotatable bonds is 5. The maximum Gasteiger partial charge on any atom is 0.397 e. The Morgan fingerprint density at radius 1 is 1.00 bits per heavy atom. The number of benzene rings is 2. The zero-order valence-corrected chi connectivity index (χ0v) is 20.2. The fourth-order valence-corrected chi connectivity index (χ4v) is 4.16. The summed E-state index contributed by atoms with van der Waals surface area (Å²) in [5.74, 6) is -2.06. The van der Waals surface area contributed by atoms with Gasteiger partial charge in [0, 0.05) is 18.8 Å². The molecule has 0 radical (unpaired) electrons. The summed E-state index contributed by atoms with van der Waals surface area (Å²) in [5.41, 5.74) is 0.308. The maximum absolute atomic E-state index is 13.1. The van der Waals surface area contributed by atoms with Gasteiger partial charge < -0.3 is 24.8 Å². The summed E-state index contributed by atoms with van der Waals surface area (Å²) < 4.78 is 10.5. The number of hydrogen-bond acceptors (Lipinski definition) is 6. The lowest BCUT2D eigenvalue weighted by molar-refractivity contribution is -0.152. The number of carbonyl (C=O) groups is 3. The highest BCUT2D eigenvalue weighted by Crippen LogP contribution is 2.39. The summed E-state index contributed by atoms with van der Waals surface area (Å²) >= 11 is 12.6. The molecule has 1 aliphatic heterocycles. The molecule has 0 aliphatic carbocycles. The number of amides is 2. The van der Waals surface area contributed by atoms with Crippen LogP contribution >= 0.6 is 23.2 Å². The van der Waals surface area contributed by atoms with Gasteiger partial charge in [-0.1, -0.05) is 42.5 Å². The summed E-state index contributed by atoms with van der Waals surface area (Å²) in [5, 5.41) is 12.8. The molecule has 182 valence electrons. The third-order valence-corrected chi connectivity index (χ3v) is 5.84. The lowest BCUT2D eigenvalue weighted by atomic mass is 10.1. The van der Waals surface area contributed by atoms with Crippen molar-refractivity contribution in [2.24, 2.45) is 0 Å². The first-order valence-electron chi connectivity index (χ1n) is 11.1. The molecule has 0 saturated carbocycles. The molecular formula is C24H26Cl2N2O6. The van der Waals surface area contributed by atoms with Crippen LogP contribution in [0.4, 0.5) is 5.69 Å². The number of carbonyl (C=O) groups excluding carboxylic acids is 3. The predicted octanol–water partition coefficient (Wildman–Crippen LogP) is 5.40. The Balaban J connectivity index is 1.78. The van der Waals surface area contributed by atoms with E-state index in [4.69, 9.17) is 27.9 Å². The van der Waals surface area contributed by atoms with Gasteiger partial charge in [0.2, 0.25) is 0 Å². The summed E-state index contributed by atoms with van der Waals surface area (Å²) in [7, 11) is 0. The minimum Gasteiger partial charge on any atom is -0.507 e. The molecule has 0 bridgehead atoms. The van der Waals surface area contributed by atoms with E-state index in [-0.39, 0.29) is 51.1 Å². The second-order valence-electron chi connectivity index (χ2n) is 7.78. The number of phenols is 1. The minimum absolute atomic E-state index is 0.0649. The largest absolute Gasteiger partial charge is 0.507 e. The average Bonchev–Trinajstić information content (AvgIpc) is 2.77. The van der Waals surface area contributed by atoms with Gasteiger partial charge in [-0.05, 0) is 50.1 Å². The van der Waals surface area contributed by atoms with Crippen molar-refractivity contribution >= 4 is 46.7 Å². The summed E-state index contributed by atoms with van der Waals surface area (Å²) in [6.45, 7) is 2.93. The van der Waals surface area contributed by atoms with Crippen molar-refractivity contribution < 1.29 is 29.0 Å². The molecule has 0 aromatic heterocycles. The van der Waals surface area contributed by atoms with Crippen LogP contribution in [0.5, 0.6) is 17.2 Å². The van der Waals surface area contributed by atoms with E-state index >= 15 is 0 Å². The Bertz CT molecular complexity index is 1040. The van der Waals surface area contributed by atoms with Crippen LogP contribution in [0.2, 0.25) is 10.0 Å². The van der Waals surface area contributed by atoms with Crippen molar-refractivity contribution in [3.8, 4) is 17.2 Å². The van der Waals surface area contributed by atoms with E-state index in [1.807, 2.05) is 0 Å². The lowest BCUT2D eigenvalue weighted by Crippen LogP contribution is -2.33. The number of esters is 1. The standard InChI is InChI=1S/C24H26Cl2N2O6/c1-2-33-24(32)22(30)27-15-12-18(25)21(19(26)13-15)34-16-8-9-20(29)17(14-16)23(31)28-10-6-4-3-5-7-11-28/h8-9,12-14,29H,2-7,10-11H2,1H3,(H,27,30). The van der Waals surface area contributed by atoms with Gasteiger partial charge in [0.05, 0.1) is 22.2 Å². The maximum atomic E-state index is 13.1. The lowest BCUT2D eigenvalue weighted by Gasteiger charge is -2.25. The van der Waals surface area contributed by atoms with Crippen molar-refractivity contribution in [3.63, 3.8) is 0 Å². The van der Waals surface area contributed by atoms with E-state index in [0.717, 1.165) is 25.7 Å². The molecule has 8 nitrogen and oxygen atoms in total. The van der Waals surface area contributed by atoms with Gasteiger partial charge in [-0.2, -0.15) is 0 Å². The smallest absolute Gasteiger partial charge is 0.397 e. The second kappa shape index (κ2) is 11.9. The first-order valence-corrected chi connectivity index (χ1v) is 11.8. The van der Waals surface area contributed by atoms with Crippen molar-refractivity contribution in [1.82, 2.24) is 4.90 Å². The molecule has 2 aromatic carbocycles. The molecule has 10 heteroatoms. The molecule has 34 heavy (non-hydrogen) atoms. The Morgan fingerprint density at radius 2 is 1.62 bits per heavy atom. The van der Waals surface area contributed by atoms with Gasteiger partial charge in [0.15, 0.2) is 5.75 Å². The number of anilines is 1. The van der Waals surface area contributed by atoms with Gasteiger partial charge in [-0.25, -0.2) is 4.79 Å². The summed E-state index contributed by atoms with van der Waals surface area (Å²) in [6.07, 6.45) is 5.17. The molecule has 2 N–H and O–H groups in total. The van der Waals surface area contributed by atoms with Gasteiger partial charge in [-0.3, -0.25) is 9.59 Å². The quantitative estimate of drug-likeness (QED) is 0.413. The molecule has 1 fully saturated rings. The second-order valence-corrected chi connectivity index (χ2v) is 8.60. The van der Waals surface area contributed by atoms with Crippen molar-refractivity contribution in [2.45, 2.75) is 39.0 Å². The third-order valence-electron chi connectivity index (χ3n) is 5.28. The number of halogens is 2. The van der Waals surface area contributed by atoms with Crippen LogP contribution in [-0.2, 0) is 14.3 Å². The molecule has 1 aliphatic rings. The van der Waals surface area contributed by atoms with Gasteiger partial charge in [0.1, 0.15) is 11.5 Å². The van der Waals surface area contributed by atoms with Crippen LogP contribution in [0.15, 0.2) is 30.3 Å². The van der Waals surface area contributed by atoms with Crippen molar-refractivity contribution in [3.05, 3.63) is 45.9 Å². The highest BCUT2D eigenvalue weighted by molar-refractivity contribution is 6.39. The third kappa shape index (κ3) is 6.55. The Hall–Kier alpha value is -2.97. The fraction of sp³-hybridized carbons (Fsp3) is 0.375. The van der Waals surface area contributed by atoms with Gasteiger partial charge in [-0.15, -0.1) is 0 Å². The average molecular weight is 509 g/mol. The topological polar surface area (TPSA) is 105 Å². The van der Waals surface area contributed by atoms with Crippen LogP contribution in [0.25, 0.3) is 0 Å². The Morgan fingerprint density at radius 3 is 2.24 bits per heavy atom. The molecule has 3 rings (SSSR count). The number of aromatic hydroxyl groups is 1. The number of nitrogens with one attached hydrogen (secondary N) is 1. The minimum atomic E-state index is -1.03. The van der Waals surface area contributed by atoms with E-state index in [0.29, 0.717) is 13.1 Å². The molecule has 2 amide bonds. The first kappa shape index (κ1) is 25.6. The van der Waals surface area contributed by atoms with Crippen molar-refractivity contribution in [1.29, 1.82) is 0 Å². The molecule has 0 atom stereocenters. The molecule has 0 spiro atoms. The monoisotopic (exact) mass is 508 g/mol. The normalized spacial score (nSPS) is 14.0. The molecule has 0 unspecified atom stereocenters. The Kier molecular flexibility index (Phi) is 9.01. The van der Waals surface area contributed by atoms with E-state index in [9.17, 15) is 19.5 Å². The molecule has 1 heterocycles. The predicted molar refractivity (Wildman–Crippen MR) is 129 cm³/mol. The molecule has 1 saturated heterocycles. The SMILES string of the molecule is CCOC(=O)C(=O)Nc1cc(Cl)c(Oc2ccc(O)c(C(=O)N3CCCCCCC3)c2)c(Cl)c1. The number of likely N-dealkylation sites (tertiary alicyclic amines) is 1. The Labute approximate surface area is 207 Å². The molecular weight excluding hydrogens is 483 g/mol. The highest BCUT2D eigenvalue weighted by Gasteiger charge is 2.22. The van der Waals surface area contributed by atoms with E-state index in [2.05, 4.69) is 10.1 Å². The van der Waals surface area contributed by atoms with Crippen LogP contribution in [0.1, 0.15) is 49.4 Å². The van der Waals surface area contributed by atoms with E-state index < -0.39 is 11.9 Å². The van der Waals surface area contributed by atoms with Crippen LogP contribution in [0, 0.1) is 0 Å². The first-order chi connectivity index (χ1) is 16.3. The van der Waals surface area contributed by atoms with Crippen molar-refractivity contribution in [2.75, 3.05) is 25.0 Å². The van der Waals surface area contributed by atoms with Gasteiger partial charge in [0.25, 0.3) is 5.91 Å². The molecule has 2 aromatic rings. The van der Waals surface area contributed by atoms with Gasteiger partial charge >= 0.3 is 11.9 Å². The number of phenolic OH excluding ortho intramolecular Hbond substituents is 1. The zero-order valence-electron chi connectivity index (χ0n) is 18.7. The number of hydrogen-bond donors (Lipinski definition) is 2. The summed E-state index contributed by atoms with van der Waals surface area (Å²) in [4.78, 5) is 38.2. The number of nitrogens with zero attached hydrogens (tertiary/aromatic N) is 1. The van der Waals surface area contributed by atoms with Crippen LogP contribution in [-0.4, -0.2) is 47.5 Å². The fourth-order valence-electron chi connectivity index (χ4n) is 3.60. The van der Waals surface area contributed by atoms with E-state index in [1.54, 1.807) is 11.8 Å². The van der Waals surface area contributed by atoms with Crippen LogP contribution in [0.3, 0.4) is 0 Å². The summed E-state index contributed by atoms with van der Waals surface area (Å²) in [6, 6.07) is 7.05.